The highest BCUT2D eigenvalue weighted by atomic mass is 32.2. The lowest BCUT2D eigenvalue weighted by Crippen LogP contribution is -2.33. The smallest absolute Gasteiger partial charge is 0.211 e. The van der Waals surface area contributed by atoms with E-state index in [1.807, 2.05) is 31.2 Å². The second-order valence-electron chi connectivity index (χ2n) is 7.40. The molecule has 6 nitrogen and oxygen atoms in total. The number of benzene rings is 1. The van der Waals surface area contributed by atoms with Crippen LogP contribution in [-0.2, 0) is 10.0 Å². The van der Waals surface area contributed by atoms with Gasteiger partial charge in [-0.1, -0.05) is 19.1 Å². The summed E-state index contributed by atoms with van der Waals surface area (Å²) in [4.78, 5) is 7.73. The van der Waals surface area contributed by atoms with Crippen molar-refractivity contribution in [1.29, 1.82) is 0 Å². The molecule has 1 N–H and O–H groups in total. The van der Waals surface area contributed by atoms with Crippen molar-refractivity contribution >= 4 is 26.6 Å². The van der Waals surface area contributed by atoms with Crippen LogP contribution in [0.15, 0.2) is 42.6 Å². The highest BCUT2D eigenvalue weighted by molar-refractivity contribution is 7.88. The number of ether oxygens (including phenoxy) is 1. The van der Waals surface area contributed by atoms with Crippen LogP contribution in [0.2, 0.25) is 0 Å². The van der Waals surface area contributed by atoms with Crippen molar-refractivity contribution in [2.24, 2.45) is 0 Å². The van der Waals surface area contributed by atoms with E-state index in [1.165, 1.54) is 16.6 Å². The molecular formula is C22H24FN3O3S. The Hall–Kier alpha value is -2.71. The molecule has 4 rings (SSSR count). The summed E-state index contributed by atoms with van der Waals surface area (Å²) in [6, 6.07) is 8.85. The standard InChI is InChI=1S/C22H24FN3O3S/c1-3-12-29-21-5-4-16(13-19(21)23)17-6-9-24-22-18(17)14-20(25-22)15-7-10-26(11-8-15)30(2,27)28/h4-7,9,13-14H,3,8,10-12H2,1-2H3,(H,24,25). The highest BCUT2D eigenvalue weighted by Crippen LogP contribution is 2.33. The van der Waals surface area contributed by atoms with Crippen LogP contribution in [0.3, 0.4) is 0 Å². The van der Waals surface area contributed by atoms with E-state index in [4.69, 9.17) is 4.74 Å². The minimum atomic E-state index is -3.19. The summed E-state index contributed by atoms with van der Waals surface area (Å²) in [6.45, 7) is 3.26. The monoisotopic (exact) mass is 429 g/mol. The maximum Gasteiger partial charge on any atom is 0.211 e. The van der Waals surface area contributed by atoms with E-state index >= 15 is 0 Å². The Bertz CT molecular complexity index is 1220. The number of rotatable bonds is 6. The van der Waals surface area contributed by atoms with Gasteiger partial charge in [0.1, 0.15) is 5.65 Å². The topological polar surface area (TPSA) is 75.3 Å². The lowest BCUT2D eigenvalue weighted by molar-refractivity contribution is 0.301. The van der Waals surface area contributed by atoms with Crippen molar-refractivity contribution in [3.05, 3.63) is 54.1 Å². The summed E-state index contributed by atoms with van der Waals surface area (Å²) in [7, 11) is -3.19. The van der Waals surface area contributed by atoms with Crippen LogP contribution < -0.4 is 4.74 Å². The minimum absolute atomic E-state index is 0.253. The zero-order valence-electron chi connectivity index (χ0n) is 17.0. The van der Waals surface area contributed by atoms with Crippen molar-refractivity contribution in [2.45, 2.75) is 19.8 Å². The van der Waals surface area contributed by atoms with Crippen LogP contribution in [0.5, 0.6) is 5.75 Å². The van der Waals surface area contributed by atoms with Crippen LogP contribution in [0.4, 0.5) is 4.39 Å². The molecule has 0 spiro atoms. The number of fused-ring (bicyclic) bond motifs is 1. The van der Waals surface area contributed by atoms with Crippen molar-refractivity contribution < 1.29 is 17.5 Å². The first-order valence-electron chi connectivity index (χ1n) is 9.92. The van der Waals surface area contributed by atoms with Gasteiger partial charge in [0.25, 0.3) is 0 Å². The number of sulfonamides is 1. The normalized spacial score (nSPS) is 15.4. The van der Waals surface area contributed by atoms with Gasteiger partial charge in [0.05, 0.1) is 12.9 Å². The summed E-state index contributed by atoms with van der Waals surface area (Å²) in [5, 5.41) is 0.889. The quantitative estimate of drug-likeness (QED) is 0.637. The van der Waals surface area contributed by atoms with Gasteiger partial charge in [-0.3, -0.25) is 0 Å². The molecule has 0 amide bonds. The van der Waals surface area contributed by atoms with Crippen molar-refractivity contribution in [3.63, 3.8) is 0 Å². The van der Waals surface area contributed by atoms with Crippen LogP contribution in [-0.4, -0.2) is 48.6 Å². The van der Waals surface area contributed by atoms with Crippen LogP contribution >= 0.6 is 0 Å². The predicted octanol–water partition coefficient (Wildman–Crippen LogP) is 4.21. The number of aromatic amines is 1. The van der Waals surface area contributed by atoms with Gasteiger partial charge in [0, 0.05) is 30.4 Å². The molecule has 2 aromatic heterocycles. The number of aromatic nitrogens is 2. The molecular weight excluding hydrogens is 405 g/mol. The van der Waals surface area contributed by atoms with E-state index in [0.717, 1.165) is 34.2 Å². The Morgan fingerprint density at radius 2 is 2.10 bits per heavy atom. The van der Waals surface area contributed by atoms with Gasteiger partial charge in [-0.2, -0.15) is 4.31 Å². The predicted molar refractivity (Wildman–Crippen MR) is 116 cm³/mol. The molecule has 0 bridgehead atoms. The number of hydrogen-bond donors (Lipinski definition) is 1. The Morgan fingerprint density at radius 3 is 2.77 bits per heavy atom. The molecule has 1 aromatic carbocycles. The van der Waals surface area contributed by atoms with Crippen molar-refractivity contribution in [1.82, 2.24) is 14.3 Å². The zero-order chi connectivity index (χ0) is 21.3. The van der Waals surface area contributed by atoms with Gasteiger partial charge in [-0.05, 0) is 53.8 Å². The summed E-state index contributed by atoms with van der Waals surface area (Å²) < 4.78 is 44.8. The van der Waals surface area contributed by atoms with Crippen LogP contribution in [0, 0.1) is 5.82 Å². The van der Waals surface area contributed by atoms with Gasteiger partial charge in [0.2, 0.25) is 10.0 Å². The third kappa shape index (κ3) is 4.11. The first kappa shape index (κ1) is 20.6. The fourth-order valence-electron chi connectivity index (χ4n) is 3.65. The number of hydrogen-bond acceptors (Lipinski definition) is 4. The van der Waals surface area contributed by atoms with E-state index in [0.29, 0.717) is 31.8 Å². The third-order valence-electron chi connectivity index (χ3n) is 5.22. The van der Waals surface area contributed by atoms with Crippen molar-refractivity contribution in [3.8, 4) is 16.9 Å². The average molecular weight is 430 g/mol. The first-order chi connectivity index (χ1) is 14.4. The summed E-state index contributed by atoms with van der Waals surface area (Å²) in [5.74, 6) is -0.138. The average Bonchev–Trinajstić information content (AvgIpc) is 3.17. The maximum absolute atomic E-state index is 14.5. The molecule has 0 saturated heterocycles. The number of halogens is 1. The highest BCUT2D eigenvalue weighted by Gasteiger charge is 2.21. The molecule has 8 heteroatoms. The Kier molecular flexibility index (Phi) is 5.62. The van der Waals surface area contributed by atoms with E-state index in [9.17, 15) is 12.8 Å². The lowest BCUT2D eigenvalue weighted by atomic mass is 10.0. The number of pyridine rings is 1. The van der Waals surface area contributed by atoms with Crippen LogP contribution in [0.25, 0.3) is 27.7 Å². The maximum atomic E-state index is 14.5. The van der Waals surface area contributed by atoms with Crippen LogP contribution in [0.1, 0.15) is 25.5 Å². The molecule has 0 atom stereocenters. The second kappa shape index (κ2) is 8.20. The van der Waals surface area contributed by atoms with E-state index in [2.05, 4.69) is 9.97 Å². The summed E-state index contributed by atoms with van der Waals surface area (Å²) in [6.07, 6.45) is 6.28. The van der Waals surface area contributed by atoms with Gasteiger partial charge in [-0.25, -0.2) is 17.8 Å². The van der Waals surface area contributed by atoms with Gasteiger partial charge >= 0.3 is 0 Å². The fraction of sp³-hybridized carbons (Fsp3) is 0.318. The number of H-pyrrole nitrogens is 1. The summed E-state index contributed by atoms with van der Waals surface area (Å²) in [5.41, 5.74) is 4.28. The fourth-order valence-corrected chi connectivity index (χ4v) is 4.41. The molecule has 1 aliphatic rings. The molecule has 158 valence electrons. The molecule has 30 heavy (non-hydrogen) atoms. The van der Waals surface area contributed by atoms with Gasteiger partial charge in [0.15, 0.2) is 11.6 Å². The van der Waals surface area contributed by atoms with Gasteiger partial charge < -0.3 is 9.72 Å². The minimum Gasteiger partial charge on any atom is -0.491 e. The Labute approximate surface area is 175 Å². The molecule has 0 fully saturated rings. The van der Waals surface area contributed by atoms with E-state index < -0.39 is 15.8 Å². The lowest BCUT2D eigenvalue weighted by Gasteiger charge is -2.23. The zero-order valence-corrected chi connectivity index (χ0v) is 17.8. The van der Waals surface area contributed by atoms with E-state index in [-0.39, 0.29) is 5.75 Å². The Morgan fingerprint density at radius 1 is 1.27 bits per heavy atom. The SMILES string of the molecule is CCCOc1ccc(-c2ccnc3[nH]c(C4=CCN(S(C)(=O)=O)CC4)cc23)cc1F. The van der Waals surface area contributed by atoms with Crippen molar-refractivity contribution in [2.75, 3.05) is 26.0 Å². The molecule has 0 unspecified atom stereocenters. The molecule has 0 saturated carbocycles. The largest absolute Gasteiger partial charge is 0.491 e. The second-order valence-corrected chi connectivity index (χ2v) is 9.38. The van der Waals surface area contributed by atoms with E-state index in [1.54, 1.807) is 12.3 Å². The molecule has 0 radical (unpaired) electrons. The molecule has 3 aromatic rings. The molecule has 1 aliphatic heterocycles. The molecule has 3 heterocycles. The summed E-state index contributed by atoms with van der Waals surface area (Å²) >= 11 is 0. The molecule has 0 aliphatic carbocycles. The van der Waals surface area contributed by atoms with Gasteiger partial charge in [-0.15, -0.1) is 0 Å². The number of nitrogens with one attached hydrogen (secondary N) is 1. The number of nitrogens with zero attached hydrogens (tertiary/aromatic N) is 2. The Balaban J connectivity index is 1.67. The third-order valence-corrected chi connectivity index (χ3v) is 6.49. The first-order valence-corrected chi connectivity index (χ1v) is 11.8.